The molecule has 1 aromatic carbocycles. The minimum atomic E-state index is -0.0634. The largest absolute Gasteiger partial charge is 0.497 e. The first-order valence-electron chi connectivity index (χ1n) is 7.52. The van der Waals surface area contributed by atoms with Crippen molar-refractivity contribution >= 4 is 17.7 Å². The van der Waals surface area contributed by atoms with Gasteiger partial charge in [-0.1, -0.05) is 11.8 Å². The zero-order chi connectivity index (χ0) is 17.5. The molecule has 24 heavy (non-hydrogen) atoms. The Morgan fingerprint density at radius 3 is 2.62 bits per heavy atom. The maximum absolute atomic E-state index is 12.0. The zero-order valence-electron chi connectivity index (χ0n) is 14.3. The lowest BCUT2D eigenvalue weighted by Crippen LogP contribution is -2.36. The standard InChI is InChI=1S/C16H22N4O3S/c1-11(9-22-3)17-15(21)10-24-16-19-18-12(2)20(16)13-5-7-14(23-4)8-6-13/h5-8,11H,9-10H2,1-4H3,(H,17,21). The van der Waals surface area contributed by atoms with Crippen molar-refractivity contribution in [3.63, 3.8) is 0 Å². The quantitative estimate of drug-likeness (QED) is 0.732. The molecule has 7 nitrogen and oxygen atoms in total. The third-order valence-corrected chi connectivity index (χ3v) is 4.21. The monoisotopic (exact) mass is 350 g/mol. The van der Waals surface area contributed by atoms with Crippen LogP contribution in [0.1, 0.15) is 12.7 Å². The molecule has 0 aliphatic carbocycles. The minimum absolute atomic E-state index is 0.0238. The van der Waals surface area contributed by atoms with E-state index in [1.165, 1.54) is 11.8 Å². The molecular formula is C16H22N4O3S. The first kappa shape index (κ1) is 18.3. The molecule has 1 amide bonds. The normalized spacial score (nSPS) is 12.0. The molecule has 8 heteroatoms. The summed E-state index contributed by atoms with van der Waals surface area (Å²) in [5.41, 5.74) is 0.925. The van der Waals surface area contributed by atoms with Crippen molar-refractivity contribution in [2.45, 2.75) is 25.0 Å². The number of nitrogens with one attached hydrogen (secondary N) is 1. The summed E-state index contributed by atoms with van der Waals surface area (Å²) < 4.78 is 12.1. The van der Waals surface area contributed by atoms with Crippen molar-refractivity contribution in [2.24, 2.45) is 0 Å². The predicted molar refractivity (Wildman–Crippen MR) is 92.9 cm³/mol. The van der Waals surface area contributed by atoms with Crippen LogP contribution in [-0.2, 0) is 9.53 Å². The molecule has 0 saturated carbocycles. The van der Waals surface area contributed by atoms with Gasteiger partial charge in [0.15, 0.2) is 5.16 Å². The van der Waals surface area contributed by atoms with Gasteiger partial charge in [0.25, 0.3) is 0 Å². The molecule has 1 unspecified atom stereocenters. The fourth-order valence-electron chi connectivity index (χ4n) is 2.20. The third kappa shape index (κ3) is 4.72. The molecule has 0 spiro atoms. The number of methoxy groups -OCH3 is 2. The smallest absolute Gasteiger partial charge is 0.230 e. The van der Waals surface area contributed by atoms with E-state index in [1.54, 1.807) is 14.2 Å². The Bertz CT molecular complexity index is 672. The fourth-order valence-corrected chi connectivity index (χ4v) is 3.01. The molecule has 1 atom stereocenters. The number of aromatic nitrogens is 3. The summed E-state index contributed by atoms with van der Waals surface area (Å²) in [6.07, 6.45) is 0. The molecule has 1 N–H and O–H groups in total. The first-order chi connectivity index (χ1) is 11.5. The lowest BCUT2D eigenvalue weighted by atomic mass is 10.3. The highest BCUT2D eigenvalue weighted by molar-refractivity contribution is 7.99. The van der Waals surface area contributed by atoms with Crippen LogP contribution >= 0.6 is 11.8 Å². The van der Waals surface area contributed by atoms with Crippen LogP contribution in [0, 0.1) is 6.92 Å². The van der Waals surface area contributed by atoms with E-state index in [0.717, 1.165) is 17.3 Å². The Hall–Kier alpha value is -2.06. The second-order valence-corrected chi connectivity index (χ2v) is 6.22. The van der Waals surface area contributed by atoms with Crippen LogP contribution < -0.4 is 10.1 Å². The number of ether oxygens (including phenoxy) is 2. The Labute approximate surface area is 145 Å². The number of aryl methyl sites for hydroxylation is 1. The molecule has 130 valence electrons. The molecule has 0 aliphatic rings. The average molecular weight is 350 g/mol. The number of carbonyl (C=O) groups excluding carboxylic acids is 1. The van der Waals surface area contributed by atoms with Crippen molar-refractivity contribution in [2.75, 3.05) is 26.6 Å². The van der Waals surface area contributed by atoms with E-state index in [1.807, 2.05) is 42.7 Å². The van der Waals surface area contributed by atoms with E-state index in [2.05, 4.69) is 15.5 Å². The molecule has 0 fully saturated rings. The SMILES string of the molecule is COCC(C)NC(=O)CSc1nnc(C)n1-c1ccc(OC)cc1. The van der Waals surface area contributed by atoms with Gasteiger partial charge in [-0.15, -0.1) is 10.2 Å². The summed E-state index contributed by atoms with van der Waals surface area (Å²) in [6, 6.07) is 7.59. The summed E-state index contributed by atoms with van der Waals surface area (Å²) >= 11 is 1.35. The second kappa shape index (κ2) is 8.70. The number of nitrogens with zero attached hydrogens (tertiary/aromatic N) is 3. The average Bonchev–Trinajstić information content (AvgIpc) is 2.94. The number of amides is 1. The Kier molecular flexibility index (Phi) is 6.62. The lowest BCUT2D eigenvalue weighted by Gasteiger charge is -2.13. The number of rotatable bonds is 8. The number of carbonyl (C=O) groups is 1. The molecule has 0 saturated heterocycles. The first-order valence-corrected chi connectivity index (χ1v) is 8.51. The number of hydrogen-bond acceptors (Lipinski definition) is 6. The van der Waals surface area contributed by atoms with Gasteiger partial charge < -0.3 is 14.8 Å². The van der Waals surface area contributed by atoms with Gasteiger partial charge in [-0.25, -0.2) is 0 Å². The van der Waals surface area contributed by atoms with E-state index in [4.69, 9.17) is 9.47 Å². The molecule has 2 rings (SSSR count). The molecule has 0 bridgehead atoms. The molecule has 1 heterocycles. The number of hydrogen-bond donors (Lipinski definition) is 1. The maximum Gasteiger partial charge on any atom is 0.230 e. The van der Waals surface area contributed by atoms with Crippen molar-refractivity contribution in [1.82, 2.24) is 20.1 Å². The van der Waals surface area contributed by atoms with Crippen molar-refractivity contribution in [3.8, 4) is 11.4 Å². The Balaban J connectivity index is 2.05. The van der Waals surface area contributed by atoms with Gasteiger partial charge in [-0.05, 0) is 38.1 Å². The van der Waals surface area contributed by atoms with Gasteiger partial charge in [0, 0.05) is 18.8 Å². The van der Waals surface area contributed by atoms with Gasteiger partial charge in [0.1, 0.15) is 11.6 Å². The van der Waals surface area contributed by atoms with Crippen LogP contribution in [0.25, 0.3) is 5.69 Å². The van der Waals surface area contributed by atoms with E-state index < -0.39 is 0 Å². The highest BCUT2D eigenvalue weighted by Crippen LogP contribution is 2.23. The maximum atomic E-state index is 12.0. The van der Waals surface area contributed by atoms with Gasteiger partial charge in [-0.3, -0.25) is 9.36 Å². The van der Waals surface area contributed by atoms with Crippen LogP contribution in [0.3, 0.4) is 0 Å². The topological polar surface area (TPSA) is 78.3 Å². The summed E-state index contributed by atoms with van der Waals surface area (Å²) in [4.78, 5) is 12.0. The third-order valence-electron chi connectivity index (χ3n) is 3.28. The van der Waals surface area contributed by atoms with E-state index in [0.29, 0.717) is 11.8 Å². The summed E-state index contributed by atoms with van der Waals surface area (Å²) in [5.74, 6) is 1.75. The van der Waals surface area contributed by atoms with Gasteiger partial charge >= 0.3 is 0 Å². The van der Waals surface area contributed by atoms with Crippen molar-refractivity contribution in [1.29, 1.82) is 0 Å². The summed E-state index contributed by atoms with van der Waals surface area (Å²) in [7, 11) is 3.24. The van der Waals surface area contributed by atoms with Crippen molar-refractivity contribution < 1.29 is 14.3 Å². The minimum Gasteiger partial charge on any atom is -0.497 e. The van der Waals surface area contributed by atoms with Crippen LogP contribution in [0.4, 0.5) is 0 Å². The predicted octanol–water partition coefficient (Wildman–Crippen LogP) is 1.83. The van der Waals surface area contributed by atoms with Crippen LogP contribution in [0.5, 0.6) is 5.75 Å². The molecule has 0 radical (unpaired) electrons. The molecule has 2 aromatic rings. The van der Waals surface area contributed by atoms with Crippen molar-refractivity contribution in [3.05, 3.63) is 30.1 Å². The number of thioether (sulfide) groups is 1. The Morgan fingerprint density at radius 2 is 2.00 bits per heavy atom. The van der Waals surface area contributed by atoms with Crippen LogP contribution in [0.2, 0.25) is 0 Å². The zero-order valence-corrected chi connectivity index (χ0v) is 15.1. The van der Waals surface area contributed by atoms with Crippen LogP contribution in [0.15, 0.2) is 29.4 Å². The van der Waals surface area contributed by atoms with Gasteiger partial charge in [-0.2, -0.15) is 0 Å². The highest BCUT2D eigenvalue weighted by atomic mass is 32.2. The summed E-state index contributed by atoms with van der Waals surface area (Å²) in [5, 5.41) is 11.8. The second-order valence-electron chi connectivity index (χ2n) is 5.28. The van der Waals surface area contributed by atoms with E-state index in [-0.39, 0.29) is 17.7 Å². The highest BCUT2D eigenvalue weighted by Gasteiger charge is 2.14. The molecular weight excluding hydrogens is 328 g/mol. The molecule has 1 aromatic heterocycles. The van der Waals surface area contributed by atoms with E-state index >= 15 is 0 Å². The van der Waals surface area contributed by atoms with E-state index in [9.17, 15) is 4.79 Å². The van der Waals surface area contributed by atoms with Gasteiger partial charge in [0.2, 0.25) is 5.91 Å². The fraction of sp³-hybridized carbons (Fsp3) is 0.438. The van der Waals surface area contributed by atoms with Gasteiger partial charge in [0.05, 0.1) is 19.5 Å². The Morgan fingerprint density at radius 1 is 1.29 bits per heavy atom. The van der Waals surface area contributed by atoms with Crippen LogP contribution in [-0.4, -0.2) is 53.3 Å². The summed E-state index contributed by atoms with van der Waals surface area (Å²) in [6.45, 7) is 4.26. The lowest BCUT2D eigenvalue weighted by molar-refractivity contribution is -0.119. The number of benzene rings is 1. The molecule has 0 aliphatic heterocycles.